The third kappa shape index (κ3) is 3.43. The van der Waals surface area contributed by atoms with Crippen LogP contribution in [0.4, 0.5) is 5.69 Å². The highest BCUT2D eigenvalue weighted by molar-refractivity contribution is 6.52. The van der Waals surface area contributed by atoms with Gasteiger partial charge < -0.3 is 14.4 Å². The fraction of sp³-hybridized carbons (Fsp3) is 0.111. The Balaban J connectivity index is 1.81. The molecule has 6 nitrogen and oxygen atoms in total. The topological polar surface area (TPSA) is 71.8 Å². The maximum atomic E-state index is 13.4. The molecule has 0 bridgehead atoms. The normalized spacial score (nSPS) is 17.5. The van der Waals surface area contributed by atoms with Crippen molar-refractivity contribution in [3.05, 3.63) is 101 Å². The number of benzene rings is 3. The van der Waals surface area contributed by atoms with Crippen LogP contribution in [0, 0.1) is 0 Å². The Bertz CT molecular complexity index is 1490. The Morgan fingerprint density at radius 3 is 2.53 bits per heavy atom. The number of aliphatic hydroxyl groups is 1. The third-order valence-electron chi connectivity index (χ3n) is 6.10. The molecule has 4 aromatic rings. The molecule has 1 aliphatic rings. The van der Waals surface area contributed by atoms with Gasteiger partial charge in [-0.25, -0.2) is 0 Å². The number of amides is 1. The largest absolute Gasteiger partial charge is 0.507 e. The van der Waals surface area contributed by atoms with Gasteiger partial charge in [0.25, 0.3) is 11.7 Å². The molecule has 7 heteroatoms. The quantitative estimate of drug-likeness (QED) is 0.243. The standard InChI is InChI=1S/C27H21ClN2O4/c1-29-15-21(20-11-3-4-12-22(20)29)24-23(25(31)16-7-5-10-19(13-16)34-2)26(32)27(33)30(24)18-9-6-8-17(28)14-18/h3-15,24,31H,1-2H3/b25-23+. The van der Waals surface area contributed by atoms with Crippen molar-refractivity contribution in [2.45, 2.75) is 6.04 Å². The fourth-order valence-corrected chi connectivity index (χ4v) is 4.72. The summed E-state index contributed by atoms with van der Waals surface area (Å²) in [5, 5.41) is 12.7. The van der Waals surface area contributed by atoms with Crippen LogP contribution in [0.1, 0.15) is 17.2 Å². The molecule has 0 radical (unpaired) electrons. The number of ketones is 1. The number of para-hydroxylation sites is 1. The molecule has 1 amide bonds. The second-order valence-corrected chi connectivity index (χ2v) is 8.53. The number of rotatable bonds is 4. The molecule has 1 saturated heterocycles. The van der Waals surface area contributed by atoms with E-state index in [1.54, 1.807) is 48.5 Å². The SMILES string of the molecule is COc1cccc(/C(O)=C2\C(=O)C(=O)N(c3cccc(Cl)c3)C2c2cn(C)c3ccccc23)c1. The fourth-order valence-electron chi connectivity index (χ4n) is 4.54. The number of carbonyl (C=O) groups excluding carboxylic acids is 2. The Hall–Kier alpha value is -4.03. The number of fused-ring (bicyclic) bond motifs is 1. The maximum Gasteiger partial charge on any atom is 0.300 e. The summed E-state index contributed by atoms with van der Waals surface area (Å²) in [7, 11) is 3.42. The van der Waals surface area contributed by atoms with Gasteiger partial charge in [-0.2, -0.15) is 0 Å². The Morgan fingerprint density at radius 2 is 1.76 bits per heavy atom. The van der Waals surface area contributed by atoms with E-state index in [1.807, 2.05) is 42.1 Å². The monoisotopic (exact) mass is 472 g/mol. The Morgan fingerprint density at radius 1 is 1.00 bits per heavy atom. The summed E-state index contributed by atoms with van der Waals surface area (Å²) in [4.78, 5) is 28.2. The van der Waals surface area contributed by atoms with Crippen molar-refractivity contribution in [2.75, 3.05) is 12.0 Å². The van der Waals surface area contributed by atoms with Crippen molar-refractivity contribution < 1.29 is 19.4 Å². The maximum absolute atomic E-state index is 13.4. The van der Waals surface area contributed by atoms with E-state index in [9.17, 15) is 14.7 Å². The first-order chi connectivity index (χ1) is 16.4. The number of anilines is 1. The molecule has 170 valence electrons. The zero-order chi connectivity index (χ0) is 24.0. The first kappa shape index (κ1) is 21.8. The number of aromatic nitrogens is 1. The third-order valence-corrected chi connectivity index (χ3v) is 6.33. The van der Waals surface area contributed by atoms with Crippen LogP contribution in [-0.2, 0) is 16.6 Å². The van der Waals surface area contributed by atoms with E-state index in [2.05, 4.69) is 0 Å². The van der Waals surface area contributed by atoms with Gasteiger partial charge in [-0.3, -0.25) is 14.5 Å². The predicted octanol–water partition coefficient (Wildman–Crippen LogP) is 5.47. The van der Waals surface area contributed by atoms with E-state index in [1.165, 1.54) is 12.0 Å². The molecule has 1 aliphatic heterocycles. The summed E-state index contributed by atoms with van der Waals surface area (Å²) in [6, 6.07) is 20.4. The number of aliphatic hydroxyl groups excluding tert-OH is 1. The van der Waals surface area contributed by atoms with Crippen LogP contribution in [0.3, 0.4) is 0 Å². The average Bonchev–Trinajstić information content (AvgIpc) is 3.32. The molecule has 1 N–H and O–H groups in total. The predicted molar refractivity (Wildman–Crippen MR) is 132 cm³/mol. The molecule has 1 fully saturated rings. The number of halogens is 1. The lowest BCUT2D eigenvalue weighted by atomic mass is 9.94. The minimum absolute atomic E-state index is 0.00887. The van der Waals surface area contributed by atoms with Gasteiger partial charge >= 0.3 is 0 Å². The minimum Gasteiger partial charge on any atom is -0.507 e. The summed E-state index contributed by atoms with van der Waals surface area (Å²) in [6.45, 7) is 0. The smallest absolute Gasteiger partial charge is 0.300 e. The summed E-state index contributed by atoms with van der Waals surface area (Å²) in [5.74, 6) is -1.24. The van der Waals surface area contributed by atoms with Crippen LogP contribution in [0.25, 0.3) is 16.7 Å². The van der Waals surface area contributed by atoms with Crippen molar-refractivity contribution in [2.24, 2.45) is 7.05 Å². The molecule has 1 aromatic heterocycles. The molecule has 1 unspecified atom stereocenters. The Labute approximate surface area is 201 Å². The van der Waals surface area contributed by atoms with E-state index >= 15 is 0 Å². The molecule has 2 heterocycles. The lowest BCUT2D eigenvalue weighted by Gasteiger charge is -2.25. The summed E-state index contributed by atoms with van der Waals surface area (Å²) in [6.07, 6.45) is 1.89. The number of aryl methyl sites for hydroxylation is 1. The molecule has 5 rings (SSSR count). The molecule has 0 spiro atoms. The average molecular weight is 473 g/mol. The van der Waals surface area contributed by atoms with Crippen LogP contribution in [0.2, 0.25) is 5.02 Å². The highest BCUT2D eigenvalue weighted by Crippen LogP contribution is 2.45. The van der Waals surface area contributed by atoms with E-state index in [0.29, 0.717) is 22.0 Å². The summed E-state index contributed by atoms with van der Waals surface area (Å²) < 4.78 is 7.22. The van der Waals surface area contributed by atoms with Gasteiger partial charge in [-0.1, -0.05) is 48.0 Å². The molecule has 0 saturated carbocycles. The van der Waals surface area contributed by atoms with E-state index < -0.39 is 17.7 Å². The van der Waals surface area contributed by atoms with Gasteiger partial charge in [-0.05, 0) is 36.4 Å². The lowest BCUT2D eigenvalue weighted by Crippen LogP contribution is -2.29. The Kier molecular flexibility index (Phi) is 5.38. The van der Waals surface area contributed by atoms with E-state index in [-0.39, 0.29) is 11.3 Å². The number of carbonyl (C=O) groups is 2. The number of ether oxygens (including phenoxy) is 1. The van der Waals surface area contributed by atoms with Crippen LogP contribution in [0.5, 0.6) is 5.75 Å². The van der Waals surface area contributed by atoms with Gasteiger partial charge in [0.1, 0.15) is 11.5 Å². The number of hydrogen-bond donors (Lipinski definition) is 1. The van der Waals surface area contributed by atoms with Crippen molar-refractivity contribution in [3.63, 3.8) is 0 Å². The van der Waals surface area contributed by atoms with Gasteiger partial charge in [0, 0.05) is 46.0 Å². The van der Waals surface area contributed by atoms with Gasteiger partial charge in [0.2, 0.25) is 0 Å². The highest BCUT2D eigenvalue weighted by atomic mass is 35.5. The van der Waals surface area contributed by atoms with E-state index in [4.69, 9.17) is 16.3 Å². The van der Waals surface area contributed by atoms with Crippen molar-refractivity contribution in [1.29, 1.82) is 0 Å². The van der Waals surface area contributed by atoms with Crippen LogP contribution in [0.15, 0.2) is 84.6 Å². The first-order valence-corrected chi connectivity index (χ1v) is 11.0. The second kappa shape index (κ2) is 8.39. The van der Waals surface area contributed by atoms with Gasteiger partial charge in [0.15, 0.2) is 0 Å². The van der Waals surface area contributed by atoms with Crippen molar-refractivity contribution in [1.82, 2.24) is 4.57 Å². The van der Waals surface area contributed by atoms with Crippen molar-refractivity contribution >= 4 is 45.6 Å². The highest BCUT2D eigenvalue weighted by Gasteiger charge is 2.48. The number of nitrogens with zero attached hydrogens (tertiary/aromatic N) is 2. The molecule has 0 aliphatic carbocycles. The van der Waals surface area contributed by atoms with Crippen LogP contribution < -0.4 is 9.64 Å². The number of Topliss-reactive ketones (excluding diaryl/α,β-unsaturated/α-hetero) is 1. The molecule has 34 heavy (non-hydrogen) atoms. The van der Waals surface area contributed by atoms with Crippen LogP contribution in [-0.4, -0.2) is 28.5 Å². The second-order valence-electron chi connectivity index (χ2n) is 8.09. The van der Waals surface area contributed by atoms with Crippen LogP contribution >= 0.6 is 11.6 Å². The molecule has 3 aromatic carbocycles. The van der Waals surface area contributed by atoms with E-state index in [0.717, 1.165) is 16.5 Å². The van der Waals surface area contributed by atoms with Gasteiger partial charge in [-0.15, -0.1) is 0 Å². The zero-order valence-electron chi connectivity index (χ0n) is 18.5. The lowest BCUT2D eigenvalue weighted by molar-refractivity contribution is -0.132. The van der Waals surface area contributed by atoms with Crippen molar-refractivity contribution in [3.8, 4) is 5.75 Å². The number of methoxy groups -OCH3 is 1. The molecule has 1 atom stereocenters. The minimum atomic E-state index is -0.851. The number of hydrogen-bond acceptors (Lipinski definition) is 4. The summed E-state index contributed by atoms with van der Waals surface area (Å²) in [5.41, 5.74) is 2.53. The summed E-state index contributed by atoms with van der Waals surface area (Å²) >= 11 is 6.23. The zero-order valence-corrected chi connectivity index (χ0v) is 19.3. The van der Waals surface area contributed by atoms with Gasteiger partial charge in [0.05, 0.1) is 18.7 Å². The molecular weight excluding hydrogens is 452 g/mol. The molecular formula is C27H21ClN2O4. The first-order valence-electron chi connectivity index (χ1n) is 10.7.